The number of rotatable bonds is 2. The molecule has 0 fully saturated rings. The van der Waals surface area contributed by atoms with E-state index in [1.807, 2.05) is 18.2 Å². The molecule has 6 heteroatoms. The molecule has 2 N–H and O–H groups in total. The highest BCUT2D eigenvalue weighted by atomic mass is 16.1. The highest BCUT2D eigenvalue weighted by Crippen LogP contribution is 2.09. The van der Waals surface area contributed by atoms with Crippen LogP contribution in [0.15, 0.2) is 60.2 Å². The summed E-state index contributed by atoms with van der Waals surface area (Å²) in [6, 6.07) is 7.30. The Hall–Kier alpha value is -3.24. The minimum absolute atomic E-state index is 0.207. The normalized spacial score (nSPS) is 13.3. The number of fused-ring (bicyclic) bond motifs is 1. The molecule has 2 heterocycles. The fourth-order valence-electron chi connectivity index (χ4n) is 1.86. The topological polar surface area (TPSA) is 84.0 Å². The molecule has 102 valence electrons. The van der Waals surface area contributed by atoms with E-state index in [9.17, 15) is 9.59 Å². The van der Waals surface area contributed by atoms with Crippen molar-refractivity contribution in [2.75, 3.05) is 0 Å². The molecule has 1 aliphatic heterocycles. The molecule has 0 bridgehead atoms. The van der Waals surface area contributed by atoms with Gasteiger partial charge in [-0.1, -0.05) is 12.1 Å². The number of allylic oxidation sites excluding steroid dienone is 2. The van der Waals surface area contributed by atoms with Gasteiger partial charge in [-0.2, -0.15) is 0 Å². The minimum atomic E-state index is -0.392. The van der Waals surface area contributed by atoms with Crippen LogP contribution >= 0.6 is 0 Å². The summed E-state index contributed by atoms with van der Waals surface area (Å²) in [6.45, 7) is 0. The second-order valence-corrected chi connectivity index (χ2v) is 4.29. The Morgan fingerprint density at radius 2 is 2.05 bits per heavy atom. The summed E-state index contributed by atoms with van der Waals surface area (Å²) in [5.41, 5.74) is 2.30. The lowest BCUT2D eigenvalue weighted by Crippen LogP contribution is -2.25. The quantitative estimate of drug-likeness (QED) is 0.803. The van der Waals surface area contributed by atoms with Crippen molar-refractivity contribution in [1.82, 2.24) is 20.6 Å². The zero-order chi connectivity index (χ0) is 14.7. The Kier molecular flexibility index (Phi) is 3.29. The molecular weight excluding hydrogens is 268 g/mol. The van der Waals surface area contributed by atoms with E-state index in [0.717, 1.165) is 5.52 Å². The second-order valence-electron chi connectivity index (χ2n) is 4.29. The van der Waals surface area contributed by atoms with Gasteiger partial charge in [0.15, 0.2) is 5.94 Å². The van der Waals surface area contributed by atoms with Gasteiger partial charge in [-0.05, 0) is 24.3 Å². The Morgan fingerprint density at radius 3 is 2.86 bits per heavy atom. The van der Waals surface area contributed by atoms with Crippen molar-refractivity contribution < 1.29 is 9.59 Å². The molecule has 1 aliphatic rings. The molecule has 2 aromatic rings. The van der Waals surface area contributed by atoms with Crippen LogP contribution in [0.2, 0.25) is 0 Å². The molecule has 3 rings (SSSR count). The first-order valence-electron chi connectivity index (χ1n) is 6.19. The van der Waals surface area contributed by atoms with Gasteiger partial charge >= 0.3 is 0 Å². The maximum atomic E-state index is 12.1. The van der Waals surface area contributed by atoms with Crippen LogP contribution in [0.1, 0.15) is 10.5 Å². The Labute approximate surface area is 119 Å². The molecule has 1 amide bonds. The van der Waals surface area contributed by atoms with Gasteiger partial charge in [-0.25, -0.2) is 9.78 Å². The van der Waals surface area contributed by atoms with Crippen molar-refractivity contribution >= 4 is 22.9 Å². The average molecular weight is 278 g/mol. The summed E-state index contributed by atoms with van der Waals surface area (Å²) in [5, 5.41) is 5.35. The molecule has 21 heavy (non-hydrogen) atoms. The molecule has 6 nitrogen and oxygen atoms in total. The fraction of sp³-hybridized carbons (Fsp3) is 0. The average Bonchev–Trinajstić information content (AvgIpc) is 2.54. The zero-order valence-corrected chi connectivity index (χ0v) is 10.8. The van der Waals surface area contributed by atoms with Gasteiger partial charge in [0.1, 0.15) is 11.4 Å². The Balaban J connectivity index is 1.85. The van der Waals surface area contributed by atoms with Gasteiger partial charge in [-0.3, -0.25) is 9.78 Å². The van der Waals surface area contributed by atoms with E-state index in [1.54, 1.807) is 24.3 Å². The van der Waals surface area contributed by atoms with Crippen molar-refractivity contribution in [3.05, 3.63) is 65.9 Å². The predicted molar refractivity (Wildman–Crippen MR) is 76.6 cm³/mol. The van der Waals surface area contributed by atoms with E-state index in [1.165, 1.54) is 12.3 Å². The van der Waals surface area contributed by atoms with Gasteiger partial charge in [0.25, 0.3) is 5.91 Å². The van der Waals surface area contributed by atoms with E-state index < -0.39 is 5.91 Å². The number of nitrogens with zero attached hydrogens (tertiary/aromatic N) is 2. The summed E-state index contributed by atoms with van der Waals surface area (Å²) in [4.78, 5) is 31.1. The summed E-state index contributed by atoms with van der Waals surface area (Å²) < 4.78 is 0. The molecule has 1 aromatic carbocycles. The van der Waals surface area contributed by atoms with E-state index in [-0.39, 0.29) is 11.4 Å². The molecule has 1 aromatic heterocycles. The summed E-state index contributed by atoms with van der Waals surface area (Å²) in [5.74, 6) is 1.33. The molecule has 0 saturated heterocycles. The minimum Gasteiger partial charge on any atom is -0.353 e. The van der Waals surface area contributed by atoms with E-state index >= 15 is 0 Å². The van der Waals surface area contributed by atoms with Crippen molar-refractivity contribution in [2.24, 2.45) is 0 Å². The Bertz CT molecular complexity index is 832. The number of para-hydroxylation sites is 2. The number of benzene rings is 1. The first kappa shape index (κ1) is 12.8. The highest BCUT2D eigenvalue weighted by Gasteiger charge is 2.11. The van der Waals surface area contributed by atoms with Crippen LogP contribution in [0.25, 0.3) is 11.0 Å². The second kappa shape index (κ2) is 5.40. The largest absolute Gasteiger partial charge is 0.353 e. The van der Waals surface area contributed by atoms with Crippen LogP contribution < -0.4 is 10.6 Å². The molecule has 0 unspecified atom stereocenters. The van der Waals surface area contributed by atoms with Crippen LogP contribution in [0, 0.1) is 0 Å². The number of amides is 1. The number of carbonyl (C=O) groups excluding carboxylic acids is 2. The van der Waals surface area contributed by atoms with Crippen LogP contribution in [0.4, 0.5) is 0 Å². The molecule has 0 saturated carbocycles. The monoisotopic (exact) mass is 278 g/mol. The fourth-order valence-corrected chi connectivity index (χ4v) is 1.86. The van der Waals surface area contributed by atoms with Crippen molar-refractivity contribution in [1.29, 1.82) is 0 Å². The number of aromatic nitrogens is 2. The SMILES string of the molecule is O=C=C1C=C(NC(=O)c2cnc3ccccc3n2)C=CN1. The molecule has 0 atom stereocenters. The number of nitrogens with one attached hydrogen (secondary N) is 2. The number of carbonyl (C=O) groups is 1. The van der Waals surface area contributed by atoms with Crippen LogP contribution in [-0.2, 0) is 4.79 Å². The lowest BCUT2D eigenvalue weighted by molar-refractivity contribution is 0.0962. The van der Waals surface area contributed by atoms with Gasteiger partial charge in [-0.15, -0.1) is 0 Å². The highest BCUT2D eigenvalue weighted by molar-refractivity contribution is 5.95. The molecule has 0 spiro atoms. The van der Waals surface area contributed by atoms with Gasteiger partial charge in [0.2, 0.25) is 0 Å². The number of dihydropyridines is 1. The lowest BCUT2D eigenvalue weighted by Gasteiger charge is -2.10. The third kappa shape index (κ3) is 2.70. The predicted octanol–water partition coefficient (Wildman–Crippen LogP) is 1.08. The van der Waals surface area contributed by atoms with Crippen molar-refractivity contribution in [2.45, 2.75) is 0 Å². The van der Waals surface area contributed by atoms with E-state index in [4.69, 9.17) is 0 Å². The third-order valence-electron chi connectivity index (χ3n) is 2.85. The van der Waals surface area contributed by atoms with Crippen molar-refractivity contribution in [3.8, 4) is 0 Å². The van der Waals surface area contributed by atoms with E-state index in [2.05, 4.69) is 20.6 Å². The third-order valence-corrected chi connectivity index (χ3v) is 2.85. The molecular formula is C15H10N4O2. The summed E-state index contributed by atoms with van der Waals surface area (Å²) in [6.07, 6.45) is 6.08. The van der Waals surface area contributed by atoms with Crippen LogP contribution in [0.3, 0.4) is 0 Å². The number of hydrogen-bond donors (Lipinski definition) is 2. The van der Waals surface area contributed by atoms with E-state index in [0.29, 0.717) is 11.2 Å². The van der Waals surface area contributed by atoms with Gasteiger partial charge in [0.05, 0.1) is 17.2 Å². The zero-order valence-electron chi connectivity index (χ0n) is 10.8. The van der Waals surface area contributed by atoms with Crippen LogP contribution in [-0.4, -0.2) is 21.8 Å². The summed E-state index contributed by atoms with van der Waals surface area (Å²) in [7, 11) is 0. The standard InChI is InChI=1S/C15H10N4O2/c20-9-11-7-10(5-6-16-11)18-15(21)14-8-17-12-3-1-2-4-13(12)19-14/h1-8,16H,(H,18,21). The summed E-state index contributed by atoms with van der Waals surface area (Å²) >= 11 is 0. The molecule has 0 radical (unpaired) electrons. The number of hydrogen-bond acceptors (Lipinski definition) is 5. The lowest BCUT2D eigenvalue weighted by atomic mass is 10.2. The first-order valence-corrected chi connectivity index (χ1v) is 6.19. The maximum absolute atomic E-state index is 12.1. The first-order chi connectivity index (χ1) is 10.3. The van der Waals surface area contributed by atoms with Crippen molar-refractivity contribution in [3.63, 3.8) is 0 Å². The van der Waals surface area contributed by atoms with Gasteiger partial charge < -0.3 is 10.6 Å². The van der Waals surface area contributed by atoms with Crippen LogP contribution in [0.5, 0.6) is 0 Å². The maximum Gasteiger partial charge on any atom is 0.275 e. The molecule has 0 aliphatic carbocycles. The van der Waals surface area contributed by atoms with Gasteiger partial charge in [0, 0.05) is 11.9 Å². The smallest absolute Gasteiger partial charge is 0.275 e. The Morgan fingerprint density at radius 1 is 1.24 bits per heavy atom.